The van der Waals surface area contributed by atoms with E-state index in [0.717, 1.165) is 3.57 Å². The Labute approximate surface area is 116 Å². The van der Waals surface area contributed by atoms with E-state index in [1.54, 1.807) is 12.1 Å². The van der Waals surface area contributed by atoms with E-state index in [2.05, 4.69) is 4.74 Å². The number of rotatable bonds is 6. The average molecular weight is 371 g/mol. The predicted octanol–water partition coefficient (Wildman–Crippen LogP) is 1.34. The highest BCUT2D eigenvalue weighted by Gasteiger charge is 2.43. The maximum absolute atomic E-state index is 13.5. The molecule has 1 aromatic carbocycles. The summed E-state index contributed by atoms with van der Waals surface area (Å²) in [6.45, 7) is -0.445. The monoisotopic (exact) mass is 371 g/mol. The zero-order valence-electron chi connectivity index (χ0n) is 9.36. The predicted molar refractivity (Wildman–Crippen MR) is 64.8 cm³/mol. The van der Waals surface area contributed by atoms with Crippen LogP contribution in [0.15, 0.2) is 24.3 Å². The summed E-state index contributed by atoms with van der Waals surface area (Å²) in [5.74, 6) is -6.62. The van der Waals surface area contributed by atoms with Crippen LogP contribution in [0.3, 0.4) is 0 Å². The van der Waals surface area contributed by atoms with E-state index in [0.29, 0.717) is 0 Å². The van der Waals surface area contributed by atoms with E-state index in [1.807, 2.05) is 22.6 Å². The van der Waals surface area contributed by atoms with Crippen LogP contribution >= 0.6 is 22.6 Å². The summed E-state index contributed by atoms with van der Waals surface area (Å²) in [5.41, 5.74) is 0.0432. The number of halogens is 3. The molecule has 0 saturated carbocycles. The van der Waals surface area contributed by atoms with Crippen LogP contribution in [0.5, 0.6) is 0 Å². The average Bonchev–Trinajstić information content (AvgIpc) is 2.31. The summed E-state index contributed by atoms with van der Waals surface area (Å²) in [7, 11) is 1.25. The van der Waals surface area contributed by atoms with Crippen molar-refractivity contribution in [2.24, 2.45) is 0 Å². The Bertz CT molecular complexity index is 408. The Hall–Kier alpha value is -0.800. The highest BCUT2D eigenvalue weighted by atomic mass is 127. The minimum absolute atomic E-state index is 0.0432. The molecule has 0 heterocycles. The van der Waals surface area contributed by atoms with Crippen LogP contribution < -0.4 is 5.11 Å². The summed E-state index contributed by atoms with van der Waals surface area (Å²) in [6, 6.07) is 5.90. The van der Waals surface area contributed by atoms with Gasteiger partial charge in [0.1, 0.15) is 12.8 Å². The van der Waals surface area contributed by atoms with E-state index < -0.39 is 24.8 Å². The summed E-state index contributed by atoms with van der Waals surface area (Å²) in [4.78, 5) is 10.5. The molecule has 7 heteroatoms. The molecule has 0 radical (unpaired) electrons. The van der Waals surface area contributed by atoms with Crippen molar-refractivity contribution in [1.29, 1.82) is 0 Å². The molecule has 100 valence electrons. The number of hydrogen-bond donors (Lipinski definition) is 0. The Kier molecular flexibility index (Phi) is 5.42. The van der Waals surface area contributed by atoms with Crippen molar-refractivity contribution in [2.45, 2.75) is 12.0 Å². The summed E-state index contributed by atoms with van der Waals surface area (Å²) < 4.78 is 37.1. The van der Waals surface area contributed by atoms with E-state index in [-0.39, 0.29) is 5.56 Å². The summed E-state index contributed by atoms with van der Waals surface area (Å²) >= 11 is 2.00. The number of alkyl halides is 2. The highest BCUT2D eigenvalue weighted by molar-refractivity contribution is 14.1. The van der Waals surface area contributed by atoms with Crippen molar-refractivity contribution in [3.63, 3.8) is 0 Å². The number of carbonyl (C=O) groups is 1. The fourth-order valence-corrected chi connectivity index (χ4v) is 1.65. The van der Waals surface area contributed by atoms with Gasteiger partial charge in [0, 0.05) is 10.7 Å². The third-order valence-electron chi connectivity index (χ3n) is 2.13. The SMILES string of the molecule is COCOC(c1ccc(I)cc1)C(F)(F)C(=O)[O-]. The molecule has 0 aliphatic heterocycles. The van der Waals surface area contributed by atoms with Gasteiger partial charge in [0.05, 0.1) is 0 Å². The molecule has 0 amide bonds. The molecule has 0 saturated heterocycles. The Balaban J connectivity index is 3.04. The van der Waals surface area contributed by atoms with Gasteiger partial charge in [-0.05, 0) is 40.3 Å². The van der Waals surface area contributed by atoms with E-state index in [9.17, 15) is 18.7 Å². The number of carbonyl (C=O) groups excluding carboxylic acids is 1. The minimum Gasteiger partial charge on any atom is -0.544 e. The van der Waals surface area contributed by atoms with Crippen LogP contribution in [0.1, 0.15) is 11.7 Å². The molecule has 0 fully saturated rings. The van der Waals surface area contributed by atoms with Crippen LogP contribution in [-0.4, -0.2) is 25.8 Å². The molecular weight excluding hydrogens is 361 g/mol. The molecule has 18 heavy (non-hydrogen) atoms. The molecule has 0 N–H and O–H groups in total. The summed E-state index contributed by atoms with van der Waals surface area (Å²) in [5, 5.41) is 10.5. The number of aliphatic carboxylic acids is 1. The molecule has 0 aromatic heterocycles. The first-order valence-corrected chi connectivity index (χ1v) is 5.92. The molecule has 0 spiro atoms. The number of ether oxygens (including phenoxy) is 2. The zero-order valence-corrected chi connectivity index (χ0v) is 11.5. The minimum atomic E-state index is -4.13. The molecule has 1 unspecified atom stereocenters. The van der Waals surface area contributed by atoms with Gasteiger partial charge in [-0.15, -0.1) is 0 Å². The van der Waals surface area contributed by atoms with Gasteiger partial charge in [0.2, 0.25) is 0 Å². The van der Waals surface area contributed by atoms with Crippen molar-refractivity contribution >= 4 is 28.6 Å². The fourth-order valence-electron chi connectivity index (χ4n) is 1.29. The second-order valence-corrected chi connectivity index (χ2v) is 4.66. The van der Waals surface area contributed by atoms with Gasteiger partial charge >= 0.3 is 5.92 Å². The third-order valence-corrected chi connectivity index (χ3v) is 2.85. The smallest absolute Gasteiger partial charge is 0.316 e. The molecule has 0 aliphatic rings. The standard InChI is InChI=1S/C11H11F2IO4/c1-17-6-18-9(11(12,13)10(15)16)7-2-4-8(14)5-3-7/h2-5,9H,6H2,1H3,(H,15,16)/p-1. The van der Waals surface area contributed by atoms with Crippen LogP contribution in [0, 0.1) is 3.57 Å². The second-order valence-electron chi connectivity index (χ2n) is 3.42. The molecule has 1 atom stereocenters. The molecule has 0 aliphatic carbocycles. The third kappa shape index (κ3) is 3.59. The van der Waals surface area contributed by atoms with Gasteiger partial charge in [-0.3, -0.25) is 0 Å². The van der Waals surface area contributed by atoms with E-state index in [4.69, 9.17) is 4.74 Å². The van der Waals surface area contributed by atoms with Crippen molar-refractivity contribution in [1.82, 2.24) is 0 Å². The lowest BCUT2D eigenvalue weighted by molar-refractivity contribution is -0.339. The first-order chi connectivity index (χ1) is 8.39. The van der Waals surface area contributed by atoms with Crippen LogP contribution in [0.4, 0.5) is 8.78 Å². The van der Waals surface area contributed by atoms with Gasteiger partial charge in [0.25, 0.3) is 0 Å². The summed E-state index contributed by atoms with van der Waals surface area (Å²) in [6.07, 6.45) is -1.94. The number of carboxylic acid groups (broad SMARTS) is 1. The quantitative estimate of drug-likeness (QED) is 0.560. The maximum Gasteiger partial charge on any atom is 0.316 e. The maximum atomic E-state index is 13.5. The van der Waals surface area contributed by atoms with Gasteiger partial charge in [-0.1, -0.05) is 12.1 Å². The largest absolute Gasteiger partial charge is 0.544 e. The topological polar surface area (TPSA) is 58.6 Å². The first-order valence-electron chi connectivity index (χ1n) is 4.85. The number of benzene rings is 1. The van der Waals surface area contributed by atoms with Crippen molar-refractivity contribution in [2.75, 3.05) is 13.9 Å². The first kappa shape index (κ1) is 15.3. The zero-order chi connectivity index (χ0) is 13.8. The van der Waals surface area contributed by atoms with Crippen LogP contribution in [-0.2, 0) is 14.3 Å². The highest BCUT2D eigenvalue weighted by Crippen LogP contribution is 2.34. The molecule has 1 rings (SSSR count). The molecule has 0 bridgehead atoms. The van der Waals surface area contributed by atoms with E-state index in [1.165, 1.54) is 19.2 Å². The lowest BCUT2D eigenvalue weighted by Crippen LogP contribution is -2.46. The lowest BCUT2D eigenvalue weighted by atomic mass is 10.0. The van der Waals surface area contributed by atoms with Gasteiger partial charge in [-0.2, -0.15) is 8.78 Å². The number of carboxylic acids is 1. The normalized spacial score (nSPS) is 13.3. The van der Waals surface area contributed by atoms with Crippen LogP contribution in [0.25, 0.3) is 0 Å². The Morgan fingerprint density at radius 1 is 1.44 bits per heavy atom. The van der Waals surface area contributed by atoms with E-state index >= 15 is 0 Å². The van der Waals surface area contributed by atoms with Crippen molar-refractivity contribution in [3.05, 3.63) is 33.4 Å². The Morgan fingerprint density at radius 3 is 2.44 bits per heavy atom. The molecule has 4 nitrogen and oxygen atoms in total. The lowest BCUT2D eigenvalue weighted by Gasteiger charge is -2.27. The number of hydrogen-bond acceptors (Lipinski definition) is 4. The van der Waals surface area contributed by atoms with Crippen molar-refractivity contribution in [3.8, 4) is 0 Å². The van der Waals surface area contributed by atoms with Gasteiger partial charge < -0.3 is 19.4 Å². The second kappa shape index (κ2) is 6.39. The van der Waals surface area contributed by atoms with Crippen LogP contribution in [0.2, 0.25) is 0 Å². The molecular formula is C11H10F2IO4-. The Morgan fingerprint density at radius 2 is 2.00 bits per heavy atom. The molecule has 1 aromatic rings. The van der Waals surface area contributed by atoms with Gasteiger partial charge in [0.15, 0.2) is 6.10 Å². The fraction of sp³-hybridized carbons (Fsp3) is 0.364. The van der Waals surface area contributed by atoms with Gasteiger partial charge in [-0.25, -0.2) is 0 Å². The van der Waals surface area contributed by atoms with Crippen molar-refractivity contribution < 1.29 is 28.2 Å². The number of methoxy groups -OCH3 is 1.